The lowest BCUT2D eigenvalue weighted by Gasteiger charge is -2.15. The molecule has 1 aromatic carbocycles. The van der Waals surface area contributed by atoms with E-state index in [4.69, 9.17) is 45.3 Å². The van der Waals surface area contributed by atoms with Crippen LogP contribution in [0.4, 0.5) is 0 Å². The van der Waals surface area contributed by atoms with Crippen molar-refractivity contribution < 1.29 is 22.3 Å². The maximum atomic E-state index is 8.74. The summed E-state index contributed by atoms with van der Waals surface area (Å²) in [4.78, 5) is 3.88. The summed E-state index contributed by atoms with van der Waals surface area (Å²) < 4.78 is 37.3. The van der Waals surface area contributed by atoms with Gasteiger partial charge in [-0.05, 0) is 36.1 Å². The molecule has 0 aliphatic carbocycles. The number of benzene rings is 1. The highest BCUT2D eigenvalue weighted by atomic mass is 35.5. The Bertz CT molecular complexity index is 635. The van der Waals surface area contributed by atoms with Crippen molar-refractivity contribution in [3.8, 4) is 5.75 Å². The number of guanidine groups is 1. The molecule has 8 nitrogen and oxygen atoms in total. The number of nitrogens with two attached hydrogens (primary N) is 2. The van der Waals surface area contributed by atoms with E-state index in [2.05, 4.69) is 18.8 Å². The van der Waals surface area contributed by atoms with E-state index in [0.29, 0.717) is 19.1 Å². The van der Waals surface area contributed by atoms with E-state index >= 15 is 0 Å². The first-order chi connectivity index (χ1) is 10.4. The Kier molecular flexibility index (Phi) is 8.91. The van der Waals surface area contributed by atoms with Crippen LogP contribution in [0.2, 0.25) is 5.02 Å². The summed E-state index contributed by atoms with van der Waals surface area (Å²) in [7, 11) is -4.67. The normalized spacial score (nSPS) is 10.7. The van der Waals surface area contributed by atoms with E-state index in [1.54, 1.807) is 0 Å². The molecule has 0 saturated carbocycles. The second-order valence-electron chi connectivity index (χ2n) is 4.90. The van der Waals surface area contributed by atoms with Gasteiger partial charge in [-0.25, -0.2) is 0 Å². The van der Waals surface area contributed by atoms with E-state index in [1.165, 1.54) is 0 Å². The summed E-state index contributed by atoms with van der Waals surface area (Å²) in [6, 6.07) is 3.91. The average molecular weight is 368 g/mol. The molecule has 0 saturated heterocycles. The highest BCUT2D eigenvalue weighted by Gasteiger charge is 2.10. The van der Waals surface area contributed by atoms with Crippen LogP contribution in [0.1, 0.15) is 30.9 Å². The monoisotopic (exact) mass is 367 g/mol. The van der Waals surface area contributed by atoms with Gasteiger partial charge >= 0.3 is 10.4 Å². The van der Waals surface area contributed by atoms with Gasteiger partial charge in [-0.1, -0.05) is 25.4 Å². The summed E-state index contributed by atoms with van der Waals surface area (Å²) in [5, 5.41) is 0.760. The topological polar surface area (TPSA) is 148 Å². The average Bonchev–Trinajstić information content (AvgIpc) is 2.35. The van der Waals surface area contributed by atoms with Gasteiger partial charge in [-0.2, -0.15) is 8.42 Å². The van der Waals surface area contributed by atoms with Crippen molar-refractivity contribution in [3.63, 3.8) is 0 Å². The predicted octanol–water partition coefficient (Wildman–Crippen LogP) is 1.77. The zero-order valence-electron chi connectivity index (χ0n) is 13.2. The van der Waals surface area contributed by atoms with Crippen molar-refractivity contribution in [1.82, 2.24) is 0 Å². The van der Waals surface area contributed by atoms with Crippen LogP contribution in [0.3, 0.4) is 0 Å². The Morgan fingerprint density at radius 3 is 2.30 bits per heavy atom. The fraction of sp³-hybridized carbons (Fsp3) is 0.462. The van der Waals surface area contributed by atoms with Gasteiger partial charge in [0.25, 0.3) is 0 Å². The summed E-state index contributed by atoms with van der Waals surface area (Å²) >= 11 is 6.12. The summed E-state index contributed by atoms with van der Waals surface area (Å²) in [5.41, 5.74) is 12.6. The summed E-state index contributed by atoms with van der Waals surface area (Å²) in [5.74, 6) is 1.27. The van der Waals surface area contributed by atoms with E-state index < -0.39 is 10.4 Å². The van der Waals surface area contributed by atoms with Gasteiger partial charge in [0.05, 0.1) is 6.54 Å². The summed E-state index contributed by atoms with van der Waals surface area (Å²) in [6.07, 6.45) is 0. The molecule has 1 rings (SSSR count). The molecule has 0 aliphatic heterocycles. The maximum absolute atomic E-state index is 8.74. The fourth-order valence-corrected chi connectivity index (χ4v) is 1.75. The van der Waals surface area contributed by atoms with Gasteiger partial charge in [-0.3, -0.25) is 14.1 Å². The SMILES string of the molecule is Cc1cc(OCCN=C(N)N)c(C(C)C)cc1Cl.O=S(=O)(O)O. The van der Waals surface area contributed by atoms with Crippen molar-refractivity contribution in [2.75, 3.05) is 13.2 Å². The number of ether oxygens (including phenoxy) is 1. The molecule has 132 valence electrons. The minimum atomic E-state index is -4.67. The molecular weight excluding hydrogens is 346 g/mol. The van der Waals surface area contributed by atoms with E-state index in [9.17, 15) is 0 Å². The molecule has 0 bridgehead atoms. The molecule has 0 unspecified atom stereocenters. The molecule has 10 heteroatoms. The number of hydrogen-bond acceptors (Lipinski definition) is 4. The van der Waals surface area contributed by atoms with Crippen LogP contribution in [-0.4, -0.2) is 36.6 Å². The van der Waals surface area contributed by atoms with Crippen LogP contribution in [0.25, 0.3) is 0 Å². The highest BCUT2D eigenvalue weighted by Crippen LogP contribution is 2.31. The highest BCUT2D eigenvalue weighted by molar-refractivity contribution is 7.79. The lowest BCUT2D eigenvalue weighted by molar-refractivity contribution is 0.324. The molecule has 0 heterocycles. The molecule has 0 atom stereocenters. The molecule has 6 N–H and O–H groups in total. The van der Waals surface area contributed by atoms with Crippen LogP contribution in [0.5, 0.6) is 5.75 Å². The third-order valence-electron chi connectivity index (χ3n) is 2.56. The number of nitrogens with zero attached hydrogens (tertiary/aromatic N) is 1. The van der Waals surface area contributed by atoms with E-state index in [-0.39, 0.29) is 5.96 Å². The number of aliphatic imine (C=N–C) groups is 1. The molecule has 0 aromatic heterocycles. The van der Waals surface area contributed by atoms with Crippen molar-refractivity contribution >= 4 is 28.0 Å². The van der Waals surface area contributed by atoms with Gasteiger partial charge in [0.1, 0.15) is 12.4 Å². The maximum Gasteiger partial charge on any atom is 0.394 e. The molecule has 0 aliphatic rings. The third kappa shape index (κ3) is 10.7. The largest absolute Gasteiger partial charge is 0.491 e. The van der Waals surface area contributed by atoms with Crippen LogP contribution >= 0.6 is 11.6 Å². The molecule has 0 fully saturated rings. The van der Waals surface area contributed by atoms with E-state index in [1.807, 2.05) is 19.1 Å². The van der Waals surface area contributed by atoms with Crippen LogP contribution in [-0.2, 0) is 10.4 Å². The lowest BCUT2D eigenvalue weighted by atomic mass is 10.0. The number of aryl methyl sites for hydroxylation is 1. The van der Waals surface area contributed by atoms with Crippen LogP contribution in [0, 0.1) is 6.92 Å². The number of hydrogen-bond donors (Lipinski definition) is 4. The van der Waals surface area contributed by atoms with Gasteiger partial charge in [0, 0.05) is 5.02 Å². The number of rotatable bonds is 5. The van der Waals surface area contributed by atoms with Gasteiger partial charge in [0.2, 0.25) is 0 Å². The molecule has 0 radical (unpaired) electrons. The Morgan fingerprint density at radius 1 is 1.35 bits per heavy atom. The van der Waals surface area contributed by atoms with Crippen molar-refractivity contribution in [2.24, 2.45) is 16.5 Å². The molecule has 0 spiro atoms. The minimum absolute atomic E-state index is 0.0787. The molecule has 23 heavy (non-hydrogen) atoms. The lowest BCUT2D eigenvalue weighted by Crippen LogP contribution is -2.23. The number of halogens is 1. The smallest absolute Gasteiger partial charge is 0.394 e. The Balaban J connectivity index is 0.000000841. The van der Waals surface area contributed by atoms with Crippen LogP contribution < -0.4 is 16.2 Å². The first kappa shape index (κ1) is 21.4. The quantitative estimate of drug-likeness (QED) is 0.268. The predicted molar refractivity (Wildman–Crippen MR) is 90.6 cm³/mol. The fourth-order valence-electron chi connectivity index (χ4n) is 1.58. The standard InChI is InChI=1S/C13H20ClN3O.H2O4S/c1-8(2)10-7-11(14)9(3)6-12(10)18-5-4-17-13(15)16;1-5(2,3)4/h6-8H,4-5H2,1-3H3,(H4,15,16,17);(H2,1,2,3,4). The minimum Gasteiger partial charge on any atom is -0.491 e. The van der Waals surface area contributed by atoms with E-state index in [0.717, 1.165) is 21.9 Å². The van der Waals surface area contributed by atoms with Gasteiger partial charge in [0.15, 0.2) is 5.96 Å². The zero-order chi connectivity index (χ0) is 18.2. The second-order valence-corrected chi connectivity index (χ2v) is 6.20. The van der Waals surface area contributed by atoms with Gasteiger partial charge in [-0.15, -0.1) is 0 Å². The van der Waals surface area contributed by atoms with Gasteiger partial charge < -0.3 is 16.2 Å². The summed E-state index contributed by atoms with van der Waals surface area (Å²) in [6.45, 7) is 7.04. The van der Waals surface area contributed by atoms with Crippen molar-refractivity contribution in [2.45, 2.75) is 26.7 Å². The molecule has 0 amide bonds. The van der Waals surface area contributed by atoms with Crippen molar-refractivity contribution in [3.05, 3.63) is 28.3 Å². The van der Waals surface area contributed by atoms with Crippen LogP contribution in [0.15, 0.2) is 17.1 Å². The Morgan fingerprint density at radius 2 is 1.87 bits per heavy atom. The first-order valence-corrected chi connectivity index (χ1v) is 8.37. The second kappa shape index (κ2) is 9.56. The molecular formula is C13H22ClN3O5S. The van der Waals surface area contributed by atoms with Crippen molar-refractivity contribution in [1.29, 1.82) is 0 Å². The molecule has 1 aromatic rings. The first-order valence-electron chi connectivity index (χ1n) is 6.60. The third-order valence-corrected chi connectivity index (χ3v) is 2.96. The zero-order valence-corrected chi connectivity index (χ0v) is 14.7. The Hall–Kier alpha value is -1.55. The Labute approximate surface area is 141 Å².